The summed E-state index contributed by atoms with van der Waals surface area (Å²) in [6.07, 6.45) is 4.01. The van der Waals surface area contributed by atoms with Gasteiger partial charge in [-0.05, 0) is 55.2 Å². The molecule has 3 amide bonds. The van der Waals surface area contributed by atoms with Gasteiger partial charge in [0.05, 0.1) is 0 Å². The molecule has 1 aliphatic rings. The molecule has 0 aliphatic carbocycles. The highest BCUT2D eigenvalue weighted by atomic mass is 16.2. The minimum absolute atomic E-state index is 0.0155. The Bertz CT molecular complexity index is 822. The van der Waals surface area contributed by atoms with E-state index in [1.165, 1.54) is 16.7 Å². The second kappa shape index (κ2) is 10.8. The van der Waals surface area contributed by atoms with E-state index in [1.54, 1.807) is 6.92 Å². The summed E-state index contributed by atoms with van der Waals surface area (Å²) < 4.78 is 0. The first-order valence-corrected chi connectivity index (χ1v) is 10.9. The normalized spacial score (nSPS) is 14.4. The van der Waals surface area contributed by atoms with Crippen LogP contribution in [-0.4, -0.2) is 36.5 Å². The van der Waals surface area contributed by atoms with Crippen LogP contribution in [0.1, 0.15) is 42.0 Å². The van der Waals surface area contributed by atoms with Gasteiger partial charge in [0.25, 0.3) is 0 Å². The highest BCUT2D eigenvalue weighted by Crippen LogP contribution is 2.22. The van der Waals surface area contributed by atoms with Crippen LogP contribution in [-0.2, 0) is 24.2 Å². The summed E-state index contributed by atoms with van der Waals surface area (Å²) in [5.41, 5.74) is 4.95. The lowest BCUT2D eigenvalue weighted by Gasteiger charge is -2.32. The quantitative estimate of drug-likeness (QED) is 0.733. The first-order valence-electron chi connectivity index (χ1n) is 10.9. The van der Waals surface area contributed by atoms with Crippen LogP contribution in [0.2, 0.25) is 0 Å². The predicted molar refractivity (Wildman–Crippen MR) is 120 cm³/mol. The van der Waals surface area contributed by atoms with E-state index in [0.29, 0.717) is 19.0 Å². The maximum atomic E-state index is 12.5. The van der Waals surface area contributed by atoms with Gasteiger partial charge in [-0.25, -0.2) is 4.79 Å². The van der Waals surface area contributed by atoms with Gasteiger partial charge in [-0.15, -0.1) is 0 Å². The lowest BCUT2D eigenvalue weighted by atomic mass is 9.90. The zero-order valence-corrected chi connectivity index (χ0v) is 18.1. The smallest absolute Gasteiger partial charge is 0.317 e. The van der Waals surface area contributed by atoms with Gasteiger partial charge in [0, 0.05) is 33.1 Å². The number of urea groups is 1. The van der Waals surface area contributed by atoms with Gasteiger partial charge >= 0.3 is 6.03 Å². The minimum Gasteiger partial charge on any atom is -0.356 e. The van der Waals surface area contributed by atoms with Crippen LogP contribution < -0.4 is 10.6 Å². The Morgan fingerprint density at radius 3 is 2.13 bits per heavy atom. The van der Waals surface area contributed by atoms with E-state index in [4.69, 9.17) is 0 Å². The van der Waals surface area contributed by atoms with Gasteiger partial charge in [0.15, 0.2) is 0 Å². The summed E-state index contributed by atoms with van der Waals surface area (Å²) in [6.45, 7) is 6.50. The van der Waals surface area contributed by atoms with Crippen molar-refractivity contribution in [1.29, 1.82) is 0 Å². The number of piperidine rings is 1. The lowest BCUT2D eigenvalue weighted by Crippen LogP contribution is -2.44. The Hall–Kier alpha value is -2.82. The highest BCUT2D eigenvalue weighted by molar-refractivity contribution is 5.74. The van der Waals surface area contributed by atoms with E-state index in [9.17, 15) is 9.59 Å². The molecule has 3 rings (SSSR count). The summed E-state index contributed by atoms with van der Waals surface area (Å²) in [4.78, 5) is 25.3. The van der Waals surface area contributed by atoms with E-state index in [0.717, 1.165) is 44.3 Å². The van der Waals surface area contributed by atoms with E-state index < -0.39 is 0 Å². The molecule has 0 bridgehead atoms. The zero-order valence-electron chi connectivity index (χ0n) is 18.1. The van der Waals surface area contributed by atoms with Crippen molar-refractivity contribution in [3.05, 3.63) is 70.8 Å². The second-order valence-electron chi connectivity index (χ2n) is 8.33. The van der Waals surface area contributed by atoms with Crippen LogP contribution in [0.15, 0.2) is 48.5 Å². The van der Waals surface area contributed by atoms with Gasteiger partial charge in [-0.3, -0.25) is 4.79 Å². The van der Waals surface area contributed by atoms with Crippen molar-refractivity contribution in [1.82, 2.24) is 15.5 Å². The number of nitrogens with one attached hydrogen (secondary N) is 2. The standard InChI is InChI=1S/C25H33N3O2/c1-19-3-5-24(6-4-19)18-27-25(30)28-15-12-23(13-16-28)17-22-9-7-21(8-10-22)11-14-26-20(2)29/h3-10,23H,11-18H2,1-2H3,(H,26,29)(H,27,30). The summed E-state index contributed by atoms with van der Waals surface area (Å²) >= 11 is 0. The molecule has 0 saturated carbocycles. The third-order valence-corrected chi connectivity index (χ3v) is 5.80. The molecular weight excluding hydrogens is 374 g/mol. The SMILES string of the molecule is CC(=O)NCCc1ccc(CC2CCN(C(=O)NCc3ccc(C)cc3)CC2)cc1. The molecule has 1 aliphatic heterocycles. The number of likely N-dealkylation sites (tertiary alicyclic amines) is 1. The minimum atomic E-state index is 0.0155. The summed E-state index contributed by atoms with van der Waals surface area (Å²) in [6, 6.07) is 17.0. The van der Waals surface area contributed by atoms with Crippen LogP contribution in [0, 0.1) is 12.8 Å². The van der Waals surface area contributed by atoms with Crippen molar-refractivity contribution in [2.24, 2.45) is 5.92 Å². The fraction of sp³-hybridized carbons (Fsp3) is 0.440. The van der Waals surface area contributed by atoms with E-state index in [2.05, 4.69) is 66.1 Å². The molecule has 2 aromatic carbocycles. The molecule has 0 radical (unpaired) electrons. The zero-order chi connectivity index (χ0) is 21.3. The number of carbonyl (C=O) groups excluding carboxylic acids is 2. The van der Waals surface area contributed by atoms with Crippen molar-refractivity contribution in [2.45, 2.75) is 46.1 Å². The number of aryl methyl sites for hydroxylation is 1. The number of hydrogen-bond donors (Lipinski definition) is 2. The first-order chi connectivity index (χ1) is 14.5. The molecule has 1 saturated heterocycles. The molecule has 1 heterocycles. The van der Waals surface area contributed by atoms with E-state index in [-0.39, 0.29) is 11.9 Å². The molecular formula is C25H33N3O2. The van der Waals surface area contributed by atoms with Crippen molar-refractivity contribution >= 4 is 11.9 Å². The van der Waals surface area contributed by atoms with Gasteiger partial charge in [-0.1, -0.05) is 54.1 Å². The molecule has 5 heteroatoms. The van der Waals surface area contributed by atoms with Crippen molar-refractivity contribution in [2.75, 3.05) is 19.6 Å². The molecule has 0 aromatic heterocycles. The predicted octanol–water partition coefficient (Wildman–Crippen LogP) is 3.84. The monoisotopic (exact) mass is 407 g/mol. The van der Waals surface area contributed by atoms with Gasteiger partial charge in [0.2, 0.25) is 5.91 Å². The topological polar surface area (TPSA) is 61.4 Å². The Morgan fingerprint density at radius 1 is 0.900 bits per heavy atom. The number of benzene rings is 2. The van der Waals surface area contributed by atoms with E-state index >= 15 is 0 Å². The molecule has 0 atom stereocenters. The molecule has 2 N–H and O–H groups in total. The lowest BCUT2D eigenvalue weighted by molar-refractivity contribution is -0.118. The Morgan fingerprint density at radius 2 is 1.50 bits per heavy atom. The van der Waals surface area contributed by atoms with Crippen molar-refractivity contribution < 1.29 is 9.59 Å². The molecule has 2 aromatic rings. The van der Waals surface area contributed by atoms with Crippen molar-refractivity contribution in [3.8, 4) is 0 Å². The Kier molecular flexibility index (Phi) is 7.89. The molecule has 0 spiro atoms. The van der Waals surface area contributed by atoms with Gasteiger partial charge < -0.3 is 15.5 Å². The Balaban J connectivity index is 1.38. The third-order valence-electron chi connectivity index (χ3n) is 5.80. The van der Waals surface area contributed by atoms with Crippen LogP contribution in [0.4, 0.5) is 4.79 Å². The fourth-order valence-electron chi connectivity index (χ4n) is 3.89. The van der Waals surface area contributed by atoms with Gasteiger partial charge in [-0.2, -0.15) is 0 Å². The van der Waals surface area contributed by atoms with Crippen LogP contribution in [0.5, 0.6) is 0 Å². The average molecular weight is 408 g/mol. The maximum absolute atomic E-state index is 12.5. The van der Waals surface area contributed by atoms with Crippen molar-refractivity contribution in [3.63, 3.8) is 0 Å². The third kappa shape index (κ3) is 6.90. The summed E-state index contributed by atoms with van der Waals surface area (Å²) in [7, 11) is 0. The number of rotatable bonds is 7. The highest BCUT2D eigenvalue weighted by Gasteiger charge is 2.22. The molecule has 1 fully saturated rings. The molecule has 5 nitrogen and oxygen atoms in total. The average Bonchev–Trinajstić information content (AvgIpc) is 2.75. The number of nitrogens with zero attached hydrogens (tertiary/aromatic N) is 1. The number of amides is 3. The second-order valence-corrected chi connectivity index (χ2v) is 8.33. The summed E-state index contributed by atoms with van der Waals surface area (Å²) in [5, 5.41) is 5.88. The van der Waals surface area contributed by atoms with Crippen LogP contribution >= 0.6 is 0 Å². The first kappa shape index (κ1) is 21.9. The van der Waals surface area contributed by atoms with Crippen LogP contribution in [0.25, 0.3) is 0 Å². The van der Waals surface area contributed by atoms with E-state index in [1.807, 2.05) is 4.90 Å². The summed E-state index contributed by atoms with van der Waals surface area (Å²) in [5.74, 6) is 0.637. The fourth-order valence-corrected chi connectivity index (χ4v) is 3.89. The van der Waals surface area contributed by atoms with Crippen LogP contribution in [0.3, 0.4) is 0 Å². The largest absolute Gasteiger partial charge is 0.356 e. The molecule has 30 heavy (non-hydrogen) atoms. The molecule has 0 unspecified atom stereocenters. The maximum Gasteiger partial charge on any atom is 0.317 e. The Labute approximate surface area is 179 Å². The number of carbonyl (C=O) groups is 2. The van der Waals surface area contributed by atoms with Gasteiger partial charge in [0.1, 0.15) is 0 Å². The molecule has 160 valence electrons. The number of hydrogen-bond acceptors (Lipinski definition) is 2.